The molecule has 16 heavy (non-hydrogen) atoms. The molecule has 2 amide bonds. The molecule has 1 aliphatic rings. The van der Waals surface area contributed by atoms with Crippen LogP contribution in [-0.2, 0) is 14.4 Å². The molecule has 0 unspecified atom stereocenters. The van der Waals surface area contributed by atoms with Crippen LogP contribution >= 0.6 is 0 Å². The molecule has 0 aliphatic carbocycles. The molecular weight excluding hydrogens is 205 g/mol. The fraction of sp³-hybridized carbons (Fsp3) is 0.545. The van der Waals surface area contributed by atoms with Crippen LogP contribution in [0.25, 0.3) is 0 Å². The normalized spacial score (nSPS) is 14.9. The molecule has 0 N–H and O–H groups in total. The summed E-state index contributed by atoms with van der Waals surface area (Å²) in [6.45, 7) is 0.460. The van der Waals surface area contributed by atoms with Gasteiger partial charge in [-0.25, -0.2) is 0 Å². The van der Waals surface area contributed by atoms with Gasteiger partial charge in [0, 0.05) is 18.7 Å². The summed E-state index contributed by atoms with van der Waals surface area (Å²) < 4.78 is 0. The molecular formula is C11H14BNO3. The Morgan fingerprint density at radius 3 is 2.19 bits per heavy atom. The largest absolute Gasteiger partial charge is 0.313 e. The molecule has 1 aliphatic heterocycles. The molecule has 0 aromatic carbocycles. The van der Waals surface area contributed by atoms with Crippen LogP contribution < -0.4 is 0 Å². The number of amides is 2. The lowest BCUT2D eigenvalue weighted by molar-refractivity contribution is -0.136. The number of carbonyl (C=O) groups excluding carboxylic acids is 3. The van der Waals surface area contributed by atoms with Crippen LogP contribution in [0.15, 0.2) is 12.2 Å². The zero-order valence-electron chi connectivity index (χ0n) is 9.15. The lowest BCUT2D eigenvalue weighted by atomic mass is 9.96. The number of hydrogen-bond donors (Lipinski definition) is 0. The van der Waals surface area contributed by atoms with Crippen LogP contribution in [0, 0.1) is 0 Å². The summed E-state index contributed by atoms with van der Waals surface area (Å²) in [6.07, 6.45) is 6.32. The van der Waals surface area contributed by atoms with Crippen molar-refractivity contribution < 1.29 is 14.4 Å². The van der Waals surface area contributed by atoms with Crippen LogP contribution in [0.4, 0.5) is 0 Å². The van der Waals surface area contributed by atoms with Gasteiger partial charge in [-0.15, -0.1) is 0 Å². The van der Waals surface area contributed by atoms with Crippen LogP contribution in [0.5, 0.6) is 0 Å². The zero-order chi connectivity index (χ0) is 12.0. The summed E-state index contributed by atoms with van der Waals surface area (Å²) in [5.41, 5.74) is -0.283. The maximum atomic E-state index is 11.2. The minimum atomic E-state index is -0.283. The van der Waals surface area contributed by atoms with Gasteiger partial charge in [0.15, 0.2) is 7.85 Å². The monoisotopic (exact) mass is 219 g/mol. The Labute approximate surface area is 96.1 Å². The second-order valence-electron chi connectivity index (χ2n) is 3.79. The molecule has 2 radical (unpaired) electrons. The molecule has 84 valence electrons. The van der Waals surface area contributed by atoms with E-state index in [-0.39, 0.29) is 17.5 Å². The molecule has 0 spiro atoms. The summed E-state index contributed by atoms with van der Waals surface area (Å²) in [6, 6.07) is 0. The summed E-state index contributed by atoms with van der Waals surface area (Å²) >= 11 is 0. The predicted molar refractivity (Wildman–Crippen MR) is 59.7 cm³/mol. The third-order valence-corrected chi connectivity index (χ3v) is 2.46. The topological polar surface area (TPSA) is 54.5 Å². The van der Waals surface area contributed by atoms with E-state index in [1.807, 2.05) is 0 Å². The summed E-state index contributed by atoms with van der Waals surface area (Å²) in [5.74, 6) is -0.468. The fourth-order valence-electron chi connectivity index (χ4n) is 1.57. The first-order valence-electron chi connectivity index (χ1n) is 5.43. The molecule has 0 atom stereocenters. The van der Waals surface area contributed by atoms with Crippen molar-refractivity contribution in [3.63, 3.8) is 0 Å². The molecule has 0 saturated carbocycles. The van der Waals surface area contributed by atoms with E-state index in [0.29, 0.717) is 13.0 Å². The Kier molecular flexibility index (Phi) is 4.96. The lowest BCUT2D eigenvalue weighted by Crippen LogP contribution is -2.30. The van der Waals surface area contributed by atoms with Gasteiger partial charge in [0.1, 0.15) is 0 Å². The van der Waals surface area contributed by atoms with Gasteiger partial charge in [0.25, 0.3) is 11.8 Å². The fourth-order valence-corrected chi connectivity index (χ4v) is 1.57. The van der Waals surface area contributed by atoms with Crippen LogP contribution in [0.2, 0.25) is 0 Å². The van der Waals surface area contributed by atoms with Crippen molar-refractivity contribution in [1.82, 2.24) is 4.90 Å². The molecule has 0 aromatic rings. The average Bonchev–Trinajstić information content (AvgIpc) is 2.53. The first-order valence-corrected chi connectivity index (χ1v) is 5.43. The highest BCUT2D eigenvalue weighted by atomic mass is 16.2. The first-order chi connectivity index (χ1) is 7.61. The van der Waals surface area contributed by atoms with Crippen LogP contribution in [0.1, 0.15) is 32.1 Å². The standard InChI is InChI=1S/C11H14BNO3/c12-9(14)5-3-1-2-4-8-13-10(15)6-7-11(13)16/h6-7H,1-5,8H2. The summed E-state index contributed by atoms with van der Waals surface area (Å²) in [4.78, 5) is 34.0. The quantitative estimate of drug-likeness (QED) is 0.357. The van der Waals surface area contributed by atoms with Crippen molar-refractivity contribution in [2.45, 2.75) is 32.1 Å². The molecule has 0 bridgehead atoms. The van der Waals surface area contributed by atoms with E-state index >= 15 is 0 Å². The van der Waals surface area contributed by atoms with Crippen molar-refractivity contribution >= 4 is 25.3 Å². The molecule has 0 fully saturated rings. The Bertz CT molecular complexity index is 307. The van der Waals surface area contributed by atoms with Crippen LogP contribution in [-0.4, -0.2) is 36.8 Å². The van der Waals surface area contributed by atoms with E-state index in [1.165, 1.54) is 17.1 Å². The van der Waals surface area contributed by atoms with Crippen molar-refractivity contribution in [3.05, 3.63) is 12.2 Å². The van der Waals surface area contributed by atoms with Crippen molar-refractivity contribution in [3.8, 4) is 0 Å². The maximum Gasteiger partial charge on any atom is 0.253 e. The summed E-state index contributed by atoms with van der Waals surface area (Å²) in [7, 11) is 5.00. The highest BCUT2D eigenvalue weighted by Crippen LogP contribution is 2.08. The average molecular weight is 219 g/mol. The van der Waals surface area contributed by atoms with E-state index in [1.54, 1.807) is 0 Å². The predicted octanol–water partition coefficient (Wildman–Crippen LogP) is 0.557. The first kappa shape index (κ1) is 12.7. The minimum absolute atomic E-state index is 0.234. The number of unbranched alkanes of at least 4 members (excludes halogenated alkanes) is 3. The third-order valence-electron chi connectivity index (χ3n) is 2.46. The van der Waals surface area contributed by atoms with Gasteiger partial charge in [-0.3, -0.25) is 14.5 Å². The van der Waals surface area contributed by atoms with Gasteiger partial charge in [-0.1, -0.05) is 12.8 Å². The van der Waals surface area contributed by atoms with E-state index < -0.39 is 0 Å². The molecule has 1 heterocycles. The molecule has 4 nitrogen and oxygen atoms in total. The lowest BCUT2D eigenvalue weighted by Gasteiger charge is -2.12. The van der Waals surface area contributed by atoms with Gasteiger partial charge >= 0.3 is 0 Å². The van der Waals surface area contributed by atoms with Crippen molar-refractivity contribution in [1.29, 1.82) is 0 Å². The molecule has 0 saturated heterocycles. The van der Waals surface area contributed by atoms with Crippen molar-refractivity contribution in [2.24, 2.45) is 0 Å². The highest BCUT2D eigenvalue weighted by molar-refractivity contribution is 6.57. The van der Waals surface area contributed by atoms with Crippen LogP contribution in [0.3, 0.4) is 0 Å². The van der Waals surface area contributed by atoms with Gasteiger partial charge in [-0.05, 0) is 19.3 Å². The van der Waals surface area contributed by atoms with E-state index in [9.17, 15) is 14.4 Å². The SMILES string of the molecule is [B]C(=O)CCCCCCN1C(=O)C=CC1=O. The third kappa shape index (κ3) is 4.00. The Morgan fingerprint density at radius 2 is 1.62 bits per heavy atom. The number of carbonyl (C=O) groups is 3. The maximum absolute atomic E-state index is 11.2. The Hall–Kier alpha value is -1.39. The van der Waals surface area contributed by atoms with E-state index in [4.69, 9.17) is 7.85 Å². The number of imide groups is 1. The second-order valence-corrected chi connectivity index (χ2v) is 3.79. The van der Waals surface area contributed by atoms with E-state index in [2.05, 4.69) is 0 Å². The van der Waals surface area contributed by atoms with Gasteiger partial charge in [0.2, 0.25) is 0 Å². The Balaban J connectivity index is 2.05. The number of hydrogen-bond acceptors (Lipinski definition) is 3. The number of nitrogens with zero attached hydrogens (tertiary/aromatic N) is 1. The second kappa shape index (κ2) is 6.25. The zero-order valence-corrected chi connectivity index (χ0v) is 9.15. The molecule has 5 heteroatoms. The minimum Gasteiger partial charge on any atom is -0.313 e. The summed E-state index contributed by atoms with van der Waals surface area (Å²) in [5, 5.41) is 0. The molecule has 1 rings (SSSR count). The van der Waals surface area contributed by atoms with Gasteiger partial charge in [0.05, 0.1) is 5.68 Å². The highest BCUT2D eigenvalue weighted by Gasteiger charge is 2.21. The van der Waals surface area contributed by atoms with Gasteiger partial charge < -0.3 is 4.79 Å². The Morgan fingerprint density at radius 1 is 1.06 bits per heavy atom. The van der Waals surface area contributed by atoms with E-state index in [0.717, 1.165) is 25.7 Å². The van der Waals surface area contributed by atoms with Gasteiger partial charge in [-0.2, -0.15) is 0 Å². The number of rotatable bonds is 7. The van der Waals surface area contributed by atoms with Crippen molar-refractivity contribution in [2.75, 3.05) is 6.54 Å². The molecule has 0 aromatic heterocycles. The smallest absolute Gasteiger partial charge is 0.253 e.